The van der Waals surface area contributed by atoms with Crippen LogP contribution in [-0.2, 0) is 24.0 Å². The minimum Gasteiger partial charge on any atom is -0.480 e. The summed E-state index contributed by atoms with van der Waals surface area (Å²) in [5.41, 5.74) is 10.5. The number of carbonyl (C=O) groups excluding carboxylic acids is 4. The fourth-order valence-corrected chi connectivity index (χ4v) is 2.58. The molecule has 31 heavy (non-hydrogen) atoms. The second-order valence-corrected chi connectivity index (χ2v) is 7.76. The van der Waals surface area contributed by atoms with Crippen LogP contribution in [0, 0.1) is 5.92 Å². The SMILES string of the molecule is CC(C)CC(NC(=O)C(NC(=O)C(NC(=O)C(N)CC(N)=O)C(C)O)C(C)O)C(=O)O. The maximum Gasteiger partial charge on any atom is 0.326 e. The Morgan fingerprint density at radius 1 is 0.806 bits per heavy atom. The standard InChI is InChI=1S/C18H33N5O8/c1-7(2)5-11(18(30)31)21-16(28)13(8(3)24)23-17(29)14(9(4)25)22-15(27)10(19)6-12(20)26/h7-11,13-14,24-25H,5-6,19H2,1-4H3,(H2,20,26)(H,21,28)(H,22,27)(H,23,29)(H,30,31). The predicted molar refractivity (Wildman–Crippen MR) is 108 cm³/mol. The molecule has 0 spiro atoms. The molecule has 0 aliphatic carbocycles. The number of carboxylic acid groups (broad SMARTS) is 1. The second kappa shape index (κ2) is 12.8. The average molecular weight is 447 g/mol. The summed E-state index contributed by atoms with van der Waals surface area (Å²) < 4.78 is 0. The average Bonchev–Trinajstić information content (AvgIpc) is 2.61. The van der Waals surface area contributed by atoms with Gasteiger partial charge in [-0.1, -0.05) is 13.8 Å². The topological polar surface area (TPSA) is 234 Å². The van der Waals surface area contributed by atoms with Crippen LogP contribution < -0.4 is 27.4 Å². The molecule has 6 unspecified atom stereocenters. The van der Waals surface area contributed by atoms with Crippen molar-refractivity contribution >= 4 is 29.6 Å². The fraction of sp³-hybridized carbons (Fsp3) is 0.722. The van der Waals surface area contributed by atoms with E-state index in [0.717, 1.165) is 0 Å². The number of hydrogen-bond acceptors (Lipinski definition) is 8. The van der Waals surface area contributed by atoms with Gasteiger partial charge in [0.1, 0.15) is 18.1 Å². The van der Waals surface area contributed by atoms with E-state index in [4.69, 9.17) is 11.5 Å². The zero-order valence-corrected chi connectivity index (χ0v) is 18.0. The summed E-state index contributed by atoms with van der Waals surface area (Å²) in [5, 5.41) is 35.6. The minimum atomic E-state index is -1.58. The molecule has 6 atom stereocenters. The number of carboxylic acids is 1. The van der Waals surface area contributed by atoms with Gasteiger partial charge >= 0.3 is 5.97 Å². The number of amides is 4. The third-order valence-electron chi connectivity index (χ3n) is 4.20. The molecule has 13 heteroatoms. The molecule has 13 nitrogen and oxygen atoms in total. The quantitative estimate of drug-likeness (QED) is 0.140. The summed E-state index contributed by atoms with van der Waals surface area (Å²) >= 11 is 0. The molecule has 0 fully saturated rings. The highest BCUT2D eigenvalue weighted by Gasteiger charge is 2.34. The third-order valence-corrected chi connectivity index (χ3v) is 4.20. The summed E-state index contributed by atoms with van der Waals surface area (Å²) in [6, 6.07) is -5.76. The summed E-state index contributed by atoms with van der Waals surface area (Å²) in [5.74, 6) is -5.12. The summed E-state index contributed by atoms with van der Waals surface area (Å²) in [6.07, 6.45) is -3.24. The molecular weight excluding hydrogens is 414 g/mol. The van der Waals surface area contributed by atoms with Gasteiger partial charge in [-0.15, -0.1) is 0 Å². The first-order chi connectivity index (χ1) is 14.2. The molecule has 0 aromatic carbocycles. The number of carbonyl (C=O) groups is 5. The second-order valence-electron chi connectivity index (χ2n) is 7.76. The van der Waals surface area contributed by atoms with Crippen molar-refractivity contribution < 1.29 is 39.3 Å². The number of nitrogens with two attached hydrogens (primary N) is 2. The van der Waals surface area contributed by atoms with E-state index in [1.807, 2.05) is 0 Å². The van der Waals surface area contributed by atoms with E-state index >= 15 is 0 Å². The summed E-state index contributed by atoms with van der Waals surface area (Å²) in [7, 11) is 0. The van der Waals surface area contributed by atoms with Gasteiger partial charge in [-0.3, -0.25) is 19.2 Å². The van der Waals surface area contributed by atoms with Crippen LogP contribution in [0.4, 0.5) is 0 Å². The maximum atomic E-state index is 12.6. The minimum absolute atomic E-state index is 0.0552. The lowest BCUT2D eigenvalue weighted by Crippen LogP contribution is -2.62. The zero-order chi connectivity index (χ0) is 24.5. The molecule has 0 heterocycles. The Morgan fingerprint density at radius 3 is 1.58 bits per heavy atom. The molecule has 0 bridgehead atoms. The Morgan fingerprint density at radius 2 is 1.23 bits per heavy atom. The molecule has 4 amide bonds. The normalized spacial score (nSPS) is 16.9. The van der Waals surface area contributed by atoms with Gasteiger partial charge in [0.2, 0.25) is 23.6 Å². The predicted octanol–water partition coefficient (Wildman–Crippen LogP) is -3.46. The van der Waals surface area contributed by atoms with Crippen LogP contribution in [0.2, 0.25) is 0 Å². The van der Waals surface area contributed by atoms with E-state index in [-0.39, 0.29) is 12.3 Å². The lowest BCUT2D eigenvalue weighted by molar-refractivity contribution is -0.143. The number of hydrogen-bond donors (Lipinski definition) is 8. The van der Waals surface area contributed by atoms with Crippen molar-refractivity contribution in [2.45, 2.75) is 76.9 Å². The van der Waals surface area contributed by atoms with Crippen molar-refractivity contribution in [1.82, 2.24) is 16.0 Å². The van der Waals surface area contributed by atoms with Crippen molar-refractivity contribution in [3.63, 3.8) is 0 Å². The molecule has 10 N–H and O–H groups in total. The highest BCUT2D eigenvalue weighted by molar-refractivity contribution is 5.95. The first-order valence-electron chi connectivity index (χ1n) is 9.71. The van der Waals surface area contributed by atoms with Gasteiger partial charge in [-0.05, 0) is 26.2 Å². The molecule has 0 rings (SSSR count). The highest BCUT2D eigenvalue weighted by atomic mass is 16.4. The lowest BCUT2D eigenvalue weighted by atomic mass is 10.0. The lowest BCUT2D eigenvalue weighted by Gasteiger charge is -2.27. The van der Waals surface area contributed by atoms with Crippen molar-refractivity contribution in [2.75, 3.05) is 0 Å². The number of aliphatic hydroxyl groups is 2. The Labute approximate surface area is 179 Å². The number of aliphatic carboxylic acids is 1. The van der Waals surface area contributed by atoms with Gasteiger partial charge in [0.05, 0.1) is 24.7 Å². The van der Waals surface area contributed by atoms with Gasteiger partial charge in [-0.25, -0.2) is 4.79 Å². The number of rotatable bonds is 13. The van der Waals surface area contributed by atoms with Gasteiger partial charge in [-0.2, -0.15) is 0 Å². The Hall–Kier alpha value is -2.77. The van der Waals surface area contributed by atoms with Crippen molar-refractivity contribution in [3.8, 4) is 0 Å². The van der Waals surface area contributed by atoms with Gasteiger partial charge in [0.25, 0.3) is 0 Å². The molecule has 0 radical (unpaired) electrons. The van der Waals surface area contributed by atoms with E-state index in [9.17, 15) is 39.3 Å². The van der Waals surface area contributed by atoms with E-state index in [0.29, 0.717) is 0 Å². The van der Waals surface area contributed by atoms with E-state index in [2.05, 4.69) is 16.0 Å². The van der Waals surface area contributed by atoms with Gasteiger partial charge in [0, 0.05) is 0 Å². The van der Waals surface area contributed by atoms with E-state index < -0.39 is 72.4 Å². The van der Waals surface area contributed by atoms with Crippen LogP contribution in [0.25, 0.3) is 0 Å². The number of nitrogens with one attached hydrogen (secondary N) is 3. The summed E-state index contributed by atoms with van der Waals surface area (Å²) in [6.45, 7) is 5.90. The number of primary amides is 1. The Bertz CT molecular complexity index is 667. The zero-order valence-electron chi connectivity index (χ0n) is 18.0. The molecule has 0 saturated heterocycles. The monoisotopic (exact) mass is 447 g/mol. The largest absolute Gasteiger partial charge is 0.480 e. The molecular formula is C18H33N5O8. The molecule has 0 saturated carbocycles. The fourth-order valence-electron chi connectivity index (χ4n) is 2.58. The van der Waals surface area contributed by atoms with Crippen molar-refractivity contribution in [2.24, 2.45) is 17.4 Å². The maximum absolute atomic E-state index is 12.6. The van der Waals surface area contributed by atoms with Crippen LogP contribution in [0.3, 0.4) is 0 Å². The van der Waals surface area contributed by atoms with Crippen LogP contribution in [-0.4, -0.2) is 81.3 Å². The van der Waals surface area contributed by atoms with E-state index in [1.165, 1.54) is 13.8 Å². The first-order valence-corrected chi connectivity index (χ1v) is 9.71. The Balaban J connectivity index is 5.36. The molecule has 0 aromatic rings. The molecule has 0 aliphatic heterocycles. The van der Waals surface area contributed by atoms with Crippen LogP contribution >= 0.6 is 0 Å². The van der Waals surface area contributed by atoms with Crippen LogP contribution in [0.5, 0.6) is 0 Å². The number of aliphatic hydroxyl groups excluding tert-OH is 2. The molecule has 0 aliphatic rings. The van der Waals surface area contributed by atoms with Crippen molar-refractivity contribution in [1.29, 1.82) is 0 Å². The van der Waals surface area contributed by atoms with Crippen molar-refractivity contribution in [3.05, 3.63) is 0 Å². The third kappa shape index (κ3) is 10.2. The van der Waals surface area contributed by atoms with Crippen LogP contribution in [0.15, 0.2) is 0 Å². The smallest absolute Gasteiger partial charge is 0.326 e. The molecule has 0 aromatic heterocycles. The molecule has 178 valence electrons. The van der Waals surface area contributed by atoms with Crippen LogP contribution in [0.1, 0.15) is 40.5 Å². The van der Waals surface area contributed by atoms with E-state index in [1.54, 1.807) is 13.8 Å². The Kier molecular flexibility index (Phi) is 11.7. The first kappa shape index (κ1) is 28.2. The highest BCUT2D eigenvalue weighted by Crippen LogP contribution is 2.06. The summed E-state index contributed by atoms with van der Waals surface area (Å²) in [4.78, 5) is 59.3. The van der Waals surface area contributed by atoms with Gasteiger partial charge in [0.15, 0.2) is 0 Å². The van der Waals surface area contributed by atoms with Gasteiger partial charge < -0.3 is 42.7 Å².